The SMILES string of the molecule is COc1cccc(NC(=O)COC(=O)CCc2ccc(S(=O)(=O)N3CCCCCC3)cc2)c1. The van der Waals surface area contributed by atoms with Gasteiger partial charge in [-0.25, -0.2) is 8.42 Å². The van der Waals surface area contributed by atoms with Crippen molar-refractivity contribution in [2.75, 3.05) is 32.1 Å². The second-order valence-electron chi connectivity index (χ2n) is 7.90. The molecule has 178 valence electrons. The van der Waals surface area contributed by atoms with Crippen LogP contribution in [0.25, 0.3) is 0 Å². The molecule has 1 amide bonds. The van der Waals surface area contributed by atoms with E-state index in [-0.39, 0.29) is 17.9 Å². The van der Waals surface area contributed by atoms with Crippen molar-refractivity contribution >= 4 is 27.6 Å². The van der Waals surface area contributed by atoms with Crippen LogP contribution in [0.2, 0.25) is 0 Å². The van der Waals surface area contributed by atoms with E-state index >= 15 is 0 Å². The largest absolute Gasteiger partial charge is 0.497 e. The number of ether oxygens (including phenoxy) is 2. The lowest BCUT2D eigenvalue weighted by molar-refractivity contribution is -0.147. The van der Waals surface area contributed by atoms with Gasteiger partial charge in [0.05, 0.1) is 12.0 Å². The van der Waals surface area contributed by atoms with Crippen molar-refractivity contribution < 1.29 is 27.5 Å². The Hall–Kier alpha value is -2.91. The van der Waals surface area contributed by atoms with Gasteiger partial charge in [-0.2, -0.15) is 4.31 Å². The molecule has 0 aliphatic carbocycles. The zero-order valence-electron chi connectivity index (χ0n) is 18.8. The Bertz CT molecular complexity index is 1040. The smallest absolute Gasteiger partial charge is 0.306 e. The highest BCUT2D eigenvalue weighted by Gasteiger charge is 2.24. The van der Waals surface area contributed by atoms with Crippen molar-refractivity contribution in [1.29, 1.82) is 0 Å². The Morgan fingerprint density at radius 2 is 1.70 bits per heavy atom. The number of benzene rings is 2. The standard InChI is InChI=1S/C24H30N2O6S/c1-31-21-8-6-7-20(17-21)25-23(27)18-32-24(28)14-11-19-9-12-22(13-10-19)33(29,30)26-15-4-2-3-5-16-26/h6-10,12-13,17H,2-5,11,14-16,18H2,1H3,(H,25,27). The molecule has 0 radical (unpaired) electrons. The lowest BCUT2D eigenvalue weighted by atomic mass is 10.1. The van der Waals surface area contributed by atoms with Crippen LogP contribution in [0.1, 0.15) is 37.7 Å². The number of anilines is 1. The average molecular weight is 475 g/mol. The number of aryl methyl sites for hydroxylation is 1. The van der Waals surface area contributed by atoms with Gasteiger partial charge >= 0.3 is 5.97 Å². The summed E-state index contributed by atoms with van der Waals surface area (Å²) < 4.78 is 37.4. The maximum Gasteiger partial charge on any atom is 0.306 e. The molecule has 1 heterocycles. The van der Waals surface area contributed by atoms with Crippen LogP contribution in [-0.4, -0.2) is 51.4 Å². The summed E-state index contributed by atoms with van der Waals surface area (Å²) in [6.45, 7) is 0.728. The third kappa shape index (κ3) is 7.30. The molecule has 1 aliphatic rings. The van der Waals surface area contributed by atoms with Crippen molar-refractivity contribution in [1.82, 2.24) is 4.31 Å². The minimum absolute atomic E-state index is 0.0880. The molecule has 9 heteroatoms. The zero-order valence-corrected chi connectivity index (χ0v) is 19.6. The molecule has 1 saturated heterocycles. The van der Waals surface area contributed by atoms with Gasteiger partial charge in [-0.3, -0.25) is 9.59 Å². The fraction of sp³-hybridized carbons (Fsp3) is 0.417. The Morgan fingerprint density at radius 1 is 1.00 bits per heavy atom. The van der Waals surface area contributed by atoms with Gasteiger partial charge in [0.15, 0.2) is 6.61 Å². The molecule has 1 fully saturated rings. The number of hydrogen-bond acceptors (Lipinski definition) is 6. The van der Waals surface area contributed by atoms with Gasteiger partial charge in [-0.1, -0.05) is 31.0 Å². The molecule has 0 bridgehead atoms. The second-order valence-corrected chi connectivity index (χ2v) is 9.84. The van der Waals surface area contributed by atoms with Gasteiger partial charge in [0.1, 0.15) is 5.75 Å². The van der Waals surface area contributed by atoms with E-state index in [2.05, 4.69) is 5.32 Å². The normalized spacial score (nSPS) is 14.8. The number of nitrogens with zero attached hydrogens (tertiary/aromatic N) is 1. The lowest BCUT2D eigenvalue weighted by Crippen LogP contribution is -2.31. The highest BCUT2D eigenvalue weighted by molar-refractivity contribution is 7.89. The fourth-order valence-electron chi connectivity index (χ4n) is 3.62. The van der Waals surface area contributed by atoms with E-state index in [1.54, 1.807) is 52.8 Å². The van der Waals surface area contributed by atoms with Crippen molar-refractivity contribution in [3.8, 4) is 5.75 Å². The average Bonchev–Trinajstić information content (AvgIpc) is 3.12. The summed E-state index contributed by atoms with van der Waals surface area (Å²) in [5.74, 6) is -0.341. The molecule has 0 saturated carbocycles. The van der Waals surface area contributed by atoms with E-state index < -0.39 is 21.9 Å². The zero-order chi connectivity index (χ0) is 23.7. The first kappa shape index (κ1) is 24.7. The summed E-state index contributed by atoms with van der Waals surface area (Å²) in [7, 11) is -1.96. The number of rotatable bonds is 9. The summed E-state index contributed by atoms with van der Waals surface area (Å²) in [5.41, 5.74) is 1.37. The van der Waals surface area contributed by atoms with Crippen molar-refractivity contribution in [2.24, 2.45) is 0 Å². The molecule has 2 aromatic rings. The lowest BCUT2D eigenvalue weighted by Gasteiger charge is -2.20. The van der Waals surface area contributed by atoms with Crippen LogP contribution in [0.4, 0.5) is 5.69 Å². The van der Waals surface area contributed by atoms with Crippen LogP contribution in [0, 0.1) is 0 Å². The van der Waals surface area contributed by atoms with Crippen LogP contribution < -0.4 is 10.1 Å². The van der Waals surface area contributed by atoms with Crippen LogP contribution in [0.15, 0.2) is 53.4 Å². The number of carbonyl (C=O) groups is 2. The maximum absolute atomic E-state index is 12.8. The first-order valence-corrected chi connectivity index (χ1v) is 12.5. The maximum atomic E-state index is 12.8. The van der Waals surface area contributed by atoms with Gasteiger partial charge in [0.25, 0.3) is 5.91 Å². The molecular weight excluding hydrogens is 444 g/mol. The highest BCUT2D eigenvalue weighted by Crippen LogP contribution is 2.21. The minimum atomic E-state index is -3.49. The Kier molecular flexibility index (Phi) is 8.85. The number of esters is 1. The molecule has 1 N–H and O–H groups in total. The molecule has 0 unspecified atom stereocenters. The molecule has 8 nitrogen and oxygen atoms in total. The van der Waals surface area contributed by atoms with E-state index in [9.17, 15) is 18.0 Å². The first-order chi connectivity index (χ1) is 15.9. The molecule has 2 aromatic carbocycles. The van der Waals surface area contributed by atoms with Crippen LogP contribution in [0.3, 0.4) is 0 Å². The number of nitrogens with one attached hydrogen (secondary N) is 1. The number of carbonyl (C=O) groups excluding carboxylic acids is 2. The number of sulfonamides is 1. The van der Waals surface area contributed by atoms with Crippen LogP contribution >= 0.6 is 0 Å². The molecule has 0 atom stereocenters. The third-order valence-electron chi connectivity index (χ3n) is 5.46. The Labute approximate surface area is 194 Å². The van der Waals surface area contributed by atoms with Gasteiger partial charge in [0, 0.05) is 31.3 Å². The van der Waals surface area contributed by atoms with Crippen molar-refractivity contribution in [3.63, 3.8) is 0 Å². The summed E-state index contributed by atoms with van der Waals surface area (Å²) >= 11 is 0. The van der Waals surface area contributed by atoms with E-state index in [1.807, 2.05) is 0 Å². The molecule has 0 spiro atoms. The predicted molar refractivity (Wildman–Crippen MR) is 125 cm³/mol. The number of methoxy groups -OCH3 is 1. The monoisotopic (exact) mass is 474 g/mol. The topological polar surface area (TPSA) is 102 Å². The molecule has 0 aromatic heterocycles. The Morgan fingerprint density at radius 3 is 2.36 bits per heavy atom. The van der Waals surface area contributed by atoms with Gasteiger partial charge < -0.3 is 14.8 Å². The first-order valence-electron chi connectivity index (χ1n) is 11.1. The highest BCUT2D eigenvalue weighted by atomic mass is 32.2. The van der Waals surface area contributed by atoms with E-state index in [4.69, 9.17) is 9.47 Å². The minimum Gasteiger partial charge on any atom is -0.497 e. The van der Waals surface area contributed by atoms with Gasteiger partial charge in [-0.15, -0.1) is 0 Å². The van der Waals surface area contributed by atoms with Crippen molar-refractivity contribution in [3.05, 3.63) is 54.1 Å². The molecular formula is C24H30N2O6S. The van der Waals surface area contributed by atoms with E-state index in [1.165, 1.54) is 7.11 Å². The van der Waals surface area contributed by atoms with Crippen LogP contribution in [-0.2, 0) is 30.8 Å². The fourth-order valence-corrected chi connectivity index (χ4v) is 5.14. The predicted octanol–water partition coefficient (Wildman–Crippen LogP) is 3.37. The Balaban J connectivity index is 1.44. The number of hydrogen-bond donors (Lipinski definition) is 1. The van der Waals surface area contributed by atoms with Crippen molar-refractivity contribution in [2.45, 2.75) is 43.4 Å². The molecule has 3 rings (SSSR count). The van der Waals surface area contributed by atoms with Gasteiger partial charge in [-0.05, 0) is 49.1 Å². The number of amides is 1. The summed E-state index contributed by atoms with van der Waals surface area (Å²) in [6, 6.07) is 13.5. The van der Waals surface area contributed by atoms with E-state index in [0.717, 1.165) is 31.2 Å². The summed E-state index contributed by atoms with van der Waals surface area (Å²) in [5, 5.41) is 2.64. The van der Waals surface area contributed by atoms with E-state index in [0.29, 0.717) is 30.9 Å². The van der Waals surface area contributed by atoms with Gasteiger partial charge in [0.2, 0.25) is 10.0 Å². The molecule has 1 aliphatic heterocycles. The quantitative estimate of drug-likeness (QED) is 0.559. The van der Waals surface area contributed by atoms with Crippen LogP contribution in [0.5, 0.6) is 5.75 Å². The second kappa shape index (κ2) is 11.8. The molecule has 33 heavy (non-hydrogen) atoms. The third-order valence-corrected chi connectivity index (χ3v) is 7.37. The summed E-state index contributed by atoms with van der Waals surface area (Å²) in [4.78, 5) is 24.3. The summed E-state index contributed by atoms with van der Waals surface area (Å²) in [6.07, 6.45) is 4.37.